The van der Waals surface area contributed by atoms with Gasteiger partial charge in [-0.05, 0) is 55.3 Å². The molecule has 44 heavy (non-hydrogen) atoms. The van der Waals surface area contributed by atoms with Crippen LogP contribution < -0.4 is 10.1 Å². The van der Waals surface area contributed by atoms with Crippen LogP contribution in [0.25, 0.3) is 6.08 Å². The number of hydrogen-bond donors (Lipinski definition) is 5. The monoisotopic (exact) mass is 636 g/mol. The van der Waals surface area contributed by atoms with Crippen LogP contribution in [0, 0.1) is 5.82 Å². The van der Waals surface area contributed by atoms with E-state index in [4.69, 9.17) is 35.4 Å². The molecule has 9 atom stereocenters. The zero-order valence-electron chi connectivity index (χ0n) is 23.9. The highest BCUT2D eigenvalue weighted by atomic mass is 35.5. The fourth-order valence-electron chi connectivity index (χ4n) is 5.35. The molecule has 5 N–H and O–H groups in total. The van der Waals surface area contributed by atoms with Gasteiger partial charge in [-0.2, -0.15) is 0 Å². The maximum Gasteiger partial charge on any atom is 0.247 e. The van der Waals surface area contributed by atoms with Crippen molar-refractivity contribution in [3.8, 4) is 5.75 Å². The Hall–Kier alpha value is -3.14. The molecule has 0 aromatic heterocycles. The number of fused-ring (bicyclic) bond motifs is 1. The first-order chi connectivity index (χ1) is 21.0. The molecule has 1 aliphatic carbocycles. The van der Waals surface area contributed by atoms with Crippen LogP contribution in [0.4, 0.5) is 4.39 Å². The standard InChI is InChI=1S/C30H34ClFN2O10/c1-14(30(39)33-23-24(36)26(38)29-28(25(23)37)40-13-41-29)8-16-6-7-21(19(32)10-16)43-22-11-20(35)27(44-22)15(2)34-42-12-17-4-3-5-18(31)9-17/h3-10,20,22-29,35-38H,11-13H2,1-2H3,(H,33,39)/b14-8+,34-15+/t20-,22+,23?,24-,25+,26+,27+,28-,29+/m0/s1. The van der Waals surface area contributed by atoms with E-state index in [-0.39, 0.29) is 31.1 Å². The Bertz CT molecular complexity index is 1410. The molecule has 1 unspecified atom stereocenters. The van der Waals surface area contributed by atoms with Crippen LogP contribution in [0.3, 0.4) is 0 Å². The second-order valence-corrected chi connectivity index (χ2v) is 11.3. The molecule has 1 saturated carbocycles. The molecule has 0 bridgehead atoms. The van der Waals surface area contributed by atoms with E-state index in [1.807, 2.05) is 6.07 Å². The number of rotatable bonds is 9. The van der Waals surface area contributed by atoms with E-state index in [0.29, 0.717) is 16.3 Å². The number of amides is 1. The lowest BCUT2D eigenvalue weighted by molar-refractivity contribution is -0.155. The molecular formula is C30H34ClFN2O10. The van der Waals surface area contributed by atoms with Gasteiger partial charge >= 0.3 is 0 Å². The molecule has 12 nitrogen and oxygen atoms in total. The molecule has 2 heterocycles. The van der Waals surface area contributed by atoms with Gasteiger partial charge in [0.15, 0.2) is 11.6 Å². The van der Waals surface area contributed by atoms with Gasteiger partial charge < -0.3 is 49.5 Å². The number of oxime groups is 1. The topological polar surface area (TPSA) is 169 Å². The second-order valence-electron chi connectivity index (χ2n) is 10.9. The fraction of sp³-hybridized carbons (Fsp3) is 0.467. The Labute approximate surface area is 257 Å². The van der Waals surface area contributed by atoms with Gasteiger partial charge in [-0.3, -0.25) is 4.79 Å². The summed E-state index contributed by atoms with van der Waals surface area (Å²) < 4.78 is 36.9. The second kappa shape index (κ2) is 13.9. The van der Waals surface area contributed by atoms with Crippen LogP contribution in [-0.2, 0) is 30.4 Å². The van der Waals surface area contributed by atoms with Crippen LogP contribution in [-0.4, -0.2) is 93.9 Å². The number of hydrogen-bond acceptors (Lipinski definition) is 11. The number of carbonyl (C=O) groups is 1. The van der Waals surface area contributed by atoms with Crippen molar-refractivity contribution in [2.24, 2.45) is 5.16 Å². The lowest BCUT2D eigenvalue weighted by Crippen LogP contribution is -2.67. The summed E-state index contributed by atoms with van der Waals surface area (Å²) in [6, 6.07) is 9.96. The minimum atomic E-state index is -1.49. The van der Waals surface area contributed by atoms with Gasteiger partial charge in [0.25, 0.3) is 0 Å². The number of aliphatic hydroxyl groups excluding tert-OH is 4. The van der Waals surface area contributed by atoms with Gasteiger partial charge in [-0.1, -0.05) is 35.0 Å². The van der Waals surface area contributed by atoms with Crippen LogP contribution >= 0.6 is 11.6 Å². The predicted molar refractivity (Wildman–Crippen MR) is 154 cm³/mol. The summed E-state index contributed by atoms with van der Waals surface area (Å²) in [7, 11) is 0. The smallest absolute Gasteiger partial charge is 0.247 e. The number of ether oxygens (including phenoxy) is 4. The van der Waals surface area contributed by atoms with Gasteiger partial charge in [0.2, 0.25) is 12.2 Å². The van der Waals surface area contributed by atoms with Gasteiger partial charge in [0.1, 0.15) is 50.0 Å². The highest BCUT2D eigenvalue weighted by molar-refractivity contribution is 6.30. The molecule has 0 spiro atoms. The number of halogens is 2. The third kappa shape index (κ3) is 7.22. The Kier molecular flexibility index (Phi) is 10.2. The summed E-state index contributed by atoms with van der Waals surface area (Å²) in [4.78, 5) is 18.2. The van der Waals surface area contributed by atoms with Crippen molar-refractivity contribution in [1.29, 1.82) is 0 Å². The molecule has 3 fully saturated rings. The quantitative estimate of drug-likeness (QED) is 0.155. The highest BCUT2D eigenvalue weighted by Gasteiger charge is 2.53. The van der Waals surface area contributed by atoms with Crippen LogP contribution in [0.5, 0.6) is 5.75 Å². The predicted octanol–water partition coefficient (Wildman–Crippen LogP) is 1.65. The van der Waals surface area contributed by atoms with Crippen molar-refractivity contribution in [2.75, 3.05) is 6.79 Å². The van der Waals surface area contributed by atoms with Crippen LogP contribution in [0.1, 0.15) is 31.4 Å². The third-order valence-electron chi connectivity index (χ3n) is 7.68. The van der Waals surface area contributed by atoms with E-state index < -0.39 is 66.8 Å². The zero-order chi connectivity index (χ0) is 31.5. The van der Waals surface area contributed by atoms with Gasteiger partial charge in [0, 0.05) is 17.0 Å². The summed E-state index contributed by atoms with van der Waals surface area (Å²) in [5.74, 6) is -1.49. The number of carbonyl (C=O) groups excluding carboxylic acids is 1. The third-order valence-corrected chi connectivity index (χ3v) is 7.91. The lowest BCUT2D eigenvalue weighted by Gasteiger charge is -2.41. The number of nitrogens with zero attached hydrogens (tertiary/aromatic N) is 1. The van der Waals surface area contributed by atoms with E-state index in [1.165, 1.54) is 25.1 Å². The minimum absolute atomic E-state index is 0.0680. The molecule has 0 radical (unpaired) electrons. The lowest BCUT2D eigenvalue weighted by atomic mass is 9.83. The number of nitrogens with one attached hydrogen (secondary N) is 1. The van der Waals surface area contributed by atoms with Crippen molar-refractivity contribution in [2.45, 2.75) is 81.9 Å². The SMILES string of the molecule is C/C(=C\c1ccc(O[C@H]2C[C@H](O)[C@@H](/C(C)=N/OCc3cccc(Cl)c3)O2)c(F)c1)C(=O)NC1[C@@H](O)[C@@H]2OCO[C@@H]2[C@H](O)[C@H]1O. The van der Waals surface area contributed by atoms with Gasteiger partial charge in [-0.15, -0.1) is 0 Å². The van der Waals surface area contributed by atoms with E-state index >= 15 is 0 Å². The van der Waals surface area contributed by atoms with E-state index in [0.717, 1.165) is 11.6 Å². The molecule has 2 saturated heterocycles. The molecule has 238 valence electrons. The Morgan fingerprint density at radius 2 is 1.84 bits per heavy atom. The first kappa shape index (κ1) is 32.3. The first-order valence-corrected chi connectivity index (χ1v) is 14.4. The molecule has 3 aliphatic rings. The maximum absolute atomic E-state index is 15.0. The summed E-state index contributed by atoms with van der Waals surface area (Å²) in [5, 5.41) is 48.9. The van der Waals surface area contributed by atoms with E-state index in [9.17, 15) is 29.6 Å². The van der Waals surface area contributed by atoms with Crippen LogP contribution in [0.2, 0.25) is 5.02 Å². The molecule has 2 aliphatic heterocycles. The molecule has 14 heteroatoms. The minimum Gasteiger partial charge on any atom is -0.462 e. The zero-order valence-corrected chi connectivity index (χ0v) is 24.6. The van der Waals surface area contributed by atoms with Crippen molar-refractivity contribution in [1.82, 2.24) is 5.32 Å². The normalized spacial score (nSPS) is 32.3. The summed E-state index contributed by atoms with van der Waals surface area (Å²) >= 11 is 5.97. The van der Waals surface area contributed by atoms with Crippen LogP contribution in [0.15, 0.2) is 53.2 Å². The maximum atomic E-state index is 15.0. The number of benzene rings is 2. The summed E-state index contributed by atoms with van der Waals surface area (Å²) in [6.45, 7) is 3.14. The molecular weight excluding hydrogens is 603 g/mol. The van der Waals surface area contributed by atoms with E-state index in [2.05, 4.69) is 10.5 Å². The molecule has 2 aromatic rings. The summed E-state index contributed by atoms with van der Waals surface area (Å²) in [5.41, 5.74) is 1.69. The first-order valence-electron chi connectivity index (χ1n) is 14.0. The van der Waals surface area contributed by atoms with Gasteiger partial charge in [-0.25, -0.2) is 4.39 Å². The Balaban J connectivity index is 1.15. The Morgan fingerprint density at radius 3 is 2.57 bits per heavy atom. The summed E-state index contributed by atoms with van der Waals surface area (Å²) in [6.07, 6.45) is -7.24. The van der Waals surface area contributed by atoms with Crippen molar-refractivity contribution < 1.29 is 53.4 Å². The van der Waals surface area contributed by atoms with E-state index in [1.54, 1.807) is 25.1 Å². The average Bonchev–Trinajstić information content (AvgIpc) is 3.62. The molecule has 1 amide bonds. The number of aliphatic hydroxyl groups is 4. The van der Waals surface area contributed by atoms with Crippen molar-refractivity contribution in [3.63, 3.8) is 0 Å². The highest BCUT2D eigenvalue weighted by Crippen LogP contribution is 2.31. The van der Waals surface area contributed by atoms with Crippen molar-refractivity contribution >= 4 is 29.3 Å². The van der Waals surface area contributed by atoms with Gasteiger partial charge in [0.05, 0.1) is 17.9 Å². The molecule has 5 rings (SSSR count). The Morgan fingerprint density at radius 1 is 1.09 bits per heavy atom. The van der Waals surface area contributed by atoms with Crippen molar-refractivity contribution in [3.05, 3.63) is 70.0 Å². The average molecular weight is 637 g/mol. The fourth-order valence-corrected chi connectivity index (χ4v) is 5.56. The molecule has 2 aromatic carbocycles. The largest absolute Gasteiger partial charge is 0.462 e.